The van der Waals surface area contributed by atoms with Gasteiger partial charge in [-0.15, -0.1) is 0 Å². The van der Waals surface area contributed by atoms with Crippen molar-refractivity contribution in [3.63, 3.8) is 0 Å². The largest absolute Gasteiger partial charge is 0.477 e. The van der Waals surface area contributed by atoms with Crippen LogP contribution >= 0.6 is 0 Å². The molecule has 0 saturated heterocycles. The maximum Gasteiger partial charge on any atom is 0.221 e. The molecule has 0 aromatic heterocycles. The summed E-state index contributed by atoms with van der Waals surface area (Å²) in [4.78, 5) is 4.73. The van der Waals surface area contributed by atoms with E-state index in [-0.39, 0.29) is 0 Å². The highest BCUT2D eigenvalue weighted by molar-refractivity contribution is 5.95. The van der Waals surface area contributed by atoms with Gasteiger partial charge in [-0.2, -0.15) is 0 Å². The third kappa shape index (κ3) is 7.43. The zero-order valence-corrected chi connectivity index (χ0v) is 16.4. The lowest BCUT2D eigenvalue weighted by Crippen LogP contribution is -2.07. The molecule has 2 aromatic carbocycles. The maximum absolute atomic E-state index is 5.87. The van der Waals surface area contributed by atoms with Crippen molar-refractivity contribution in [2.24, 2.45) is 4.99 Å². The van der Waals surface area contributed by atoms with Gasteiger partial charge in [-0.25, -0.2) is 4.99 Å². The third-order valence-electron chi connectivity index (χ3n) is 4.45. The van der Waals surface area contributed by atoms with Crippen LogP contribution in [0.2, 0.25) is 0 Å². The smallest absolute Gasteiger partial charge is 0.221 e. The maximum atomic E-state index is 5.87. The molecule has 140 valence electrons. The first-order valence-corrected chi connectivity index (χ1v) is 10.2. The Labute approximate surface area is 159 Å². The predicted molar refractivity (Wildman–Crippen MR) is 112 cm³/mol. The lowest BCUT2D eigenvalue weighted by atomic mass is 10.0. The normalized spacial score (nSPS) is 11.5. The van der Waals surface area contributed by atoms with E-state index in [2.05, 4.69) is 38.1 Å². The molecular formula is C24H33NO. The molecule has 0 fully saturated rings. The number of ether oxygens (including phenoxy) is 1. The summed E-state index contributed by atoms with van der Waals surface area (Å²) in [6, 6.07) is 18.7. The summed E-state index contributed by atoms with van der Waals surface area (Å²) in [6.07, 6.45) is 10.2. The molecule has 0 saturated carbocycles. The predicted octanol–water partition coefficient (Wildman–Crippen LogP) is 7.09. The molecule has 0 unspecified atom stereocenters. The van der Waals surface area contributed by atoms with Crippen molar-refractivity contribution >= 4 is 11.6 Å². The minimum Gasteiger partial charge on any atom is -0.477 e. The van der Waals surface area contributed by atoms with Gasteiger partial charge >= 0.3 is 0 Å². The summed E-state index contributed by atoms with van der Waals surface area (Å²) in [5.41, 5.74) is 3.37. The van der Waals surface area contributed by atoms with Gasteiger partial charge in [0, 0.05) is 5.56 Å². The molecule has 2 heteroatoms. The fourth-order valence-corrected chi connectivity index (χ4v) is 2.92. The fraction of sp³-hybridized carbons (Fsp3) is 0.458. The first-order chi connectivity index (χ1) is 12.8. The number of benzene rings is 2. The molecular weight excluding hydrogens is 318 g/mol. The first kappa shape index (κ1) is 20.2. The third-order valence-corrected chi connectivity index (χ3v) is 4.45. The summed E-state index contributed by atoms with van der Waals surface area (Å²) in [6.45, 7) is 5.06. The van der Waals surface area contributed by atoms with Crippen molar-refractivity contribution < 1.29 is 4.74 Å². The molecule has 2 aromatic rings. The topological polar surface area (TPSA) is 21.6 Å². The van der Waals surface area contributed by atoms with Crippen LogP contribution in [0.3, 0.4) is 0 Å². The SMILES string of the molecule is CCCCCCCCc1ccc(N=C(OCCC)c2ccccc2)cc1. The number of hydrogen-bond donors (Lipinski definition) is 0. The van der Waals surface area contributed by atoms with E-state index >= 15 is 0 Å². The highest BCUT2D eigenvalue weighted by atomic mass is 16.5. The van der Waals surface area contributed by atoms with Crippen molar-refractivity contribution in [1.82, 2.24) is 0 Å². The molecule has 0 aliphatic carbocycles. The molecule has 2 rings (SSSR count). The van der Waals surface area contributed by atoms with Gasteiger partial charge in [0.1, 0.15) is 0 Å². The summed E-state index contributed by atoms with van der Waals surface area (Å²) >= 11 is 0. The first-order valence-electron chi connectivity index (χ1n) is 10.2. The van der Waals surface area contributed by atoms with E-state index in [1.54, 1.807) is 0 Å². The lowest BCUT2D eigenvalue weighted by Gasteiger charge is -2.09. The van der Waals surface area contributed by atoms with Crippen molar-refractivity contribution in [2.45, 2.75) is 65.2 Å². The Balaban J connectivity index is 1.93. The quantitative estimate of drug-likeness (QED) is 0.240. The number of nitrogens with zero attached hydrogens (tertiary/aromatic N) is 1. The van der Waals surface area contributed by atoms with E-state index in [4.69, 9.17) is 9.73 Å². The summed E-state index contributed by atoms with van der Waals surface area (Å²) < 4.78 is 5.87. The number of unbranched alkanes of at least 4 members (excludes halogenated alkanes) is 5. The van der Waals surface area contributed by atoms with E-state index in [9.17, 15) is 0 Å². The lowest BCUT2D eigenvalue weighted by molar-refractivity contribution is 0.306. The number of rotatable bonds is 11. The highest BCUT2D eigenvalue weighted by Gasteiger charge is 2.05. The summed E-state index contributed by atoms with van der Waals surface area (Å²) in [7, 11) is 0. The minimum atomic E-state index is 0.684. The van der Waals surface area contributed by atoms with Gasteiger partial charge in [-0.3, -0.25) is 0 Å². The van der Waals surface area contributed by atoms with Crippen molar-refractivity contribution in [2.75, 3.05) is 6.61 Å². The molecule has 0 atom stereocenters. The molecule has 0 amide bonds. The Morgan fingerprint density at radius 3 is 2.15 bits per heavy atom. The van der Waals surface area contributed by atoms with Crippen molar-refractivity contribution in [3.8, 4) is 0 Å². The molecule has 0 heterocycles. The monoisotopic (exact) mass is 351 g/mol. The molecule has 0 N–H and O–H groups in total. The van der Waals surface area contributed by atoms with Crippen LogP contribution in [-0.2, 0) is 11.2 Å². The number of aryl methyl sites for hydroxylation is 1. The molecule has 26 heavy (non-hydrogen) atoms. The van der Waals surface area contributed by atoms with E-state index in [1.807, 2.05) is 30.3 Å². The van der Waals surface area contributed by atoms with Gasteiger partial charge in [0.15, 0.2) is 0 Å². The van der Waals surface area contributed by atoms with Gasteiger partial charge in [-0.1, -0.05) is 76.3 Å². The average molecular weight is 352 g/mol. The van der Waals surface area contributed by atoms with Crippen LogP contribution in [-0.4, -0.2) is 12.5 Å². The Morgan fingerprint density at radius 2 is 1.46 bits per heavy atom. The second-order valence-electron chi connectivity index (χ2n) is 6.82. The Hall–Kier alpha value is -2.09. The molecule has 0 spiro atoms. The number of aliphatic imine (C=N–C) groups is 1. The summed E-state index contributed by atoms with van der Waals surface area (Å²) in [5.74, 6) is 0.705. The minimum absolute atomic E-state index is 0.684. The molecule has 0 aliphatic heterocycles. The van der Waals surface area contributed by atoms with Gasteiger partial charge < -0.3 is 4.74 Å². The zero-order valence-electron chi connectivity index (χ0n) is 16.4. The number of hydrogen-bond acceptors (Lipinski definition) is 2. The Bertz CT molecular complexity index is 631. The zero-order chi connectivity index (χ0) is 18.5. The van der Waals surface area contributed by atoms with Crippen molar-refractivity contribution in [1.29, 1.82) is 0 Å². The molecule has 0 bridgehead atoms. The van der Waals surface area contributed by atoms with Crippen LogP contribution in [0.15, 0.2) is 59.6 Å². The van der Waals surface area contributed by atoms with Crippen LogP contribution in [0.1, 0.15) is 69.9 Å². The standard InChI is InChI=1S/C24H33NO/c1-3-5-6-7-8-10-13-21-16-18-23(19-17-21)25-24(26-20-4-2)22-14-11-9-12-15-22/h9,11-12,14-19H,3-8,10,13,20H2,1-2H3. The van der Waals surface area contributed by atoms with Crippen LogP contribution in [0.4, 0.5) is 5.69 Å². The van der Waals surface area contributed by atoms with Crippen LogP contribution in [0.5, 0.6) is 0 Å². The highest BCUT2D eigenvalue weighted by Crippen LogP contribution is 2.18. The van der Waals surface area contributed by atoms with E-state index in [1.165, 1.54) is 44.1 Å². The fourth-order valence-electron chi connectivity index (χ4n) is 2.92. The molecule has 0 aliphatic rings. The molecule has 0 radical (unpaired) electrons. The van der Waals surface area contributed by atoms with Gasteiger partial charge in [0.05, 0.1) is 12.3 Å². The van der Waals surface area contributed by atoms with E-state index in [0.29, 0.717) is 12.5 Å². The second kappa shape index (κ2) is 12.3. The Morgan fingerprint density at radius 1 is 0.769 bits per heavy atom. The van der Waals surface area contributed by atoms with Crippen molar-refractivity contribution in [3.05, 3.63) is 65.7 Å². The molecule has 2 nitrogen and oxygen atoms in total. The van der Waals surface area contributed by atoms with Crippen LogP contribution in [0, 0.1) is 0 Å². The average Bonchev–Trinajstić information content (AvgIpc) is 2.69. The van der Waals surface area contributed by atoms with E-state index in [0.717, 1.165) is 24.1 Å². The van der Waals surface area contributed by atoms with Gasteiger partial charge in [-0.05, 0) is 49.1 Å². The van der Waals surface area contributed by atoms with Gasteiger partial charge in [0.2, 0.25) is 5.90 Å². The Kier molecular flexibility index (Phi) is 9.56. The second-order valence-corrected chi connectivity index (χ2v) is 6.82. The van der Waals surface area contributed by atoms with Gasteiger partial charge in [0.25, 0.3) is 0 Å². The van der Waals surface area contributed by atoms with Crippen LogP contribution < -0.4 is 0 Å². The summed E-state index contributed by atoms with van der Waals surface area (Å²) in [5, 5.41) is 0. The van der Waals surface area contributed by atoms with E-state index < -0.39 is 0 Å². The van der Waals surface area contributed by atoms with Crippen LogP contribution in [0.25, 0.3) is 0 Å².